The summed E-state index contributed by atoms with van der Waals surface area (Å²) in [5.41, 5.74) is 5.76. The molecule has 1 aliphatic carbocycles. The average Bonchev–Trinajstić information content (AvgIpc) is 3.12. The Labute approximate surface area is 178 Å². The predicted octanol–water partition coefficient (Wildman–Crippen LogP) is 4.48. The van der Waals surface area contributed by atoms with Gasteiger partial charge >= 0.3 is 5.97 Å². The first-order chi connectivity index (χ1) is 14.8. The number of carboxylic acids is 1. The van der Waals surface area contributed by atoms with Crippen LogP contribution in [0.5, 0.6) is 0 Å². The zero-order valence-electron chi connectivity index (χ0n) is 17.2. The number of nitrogens with one attached hydrogen (secondary N) is 1. The Morgan fingerprint density at radius 2 is 1.87 bits per heavy atom. The highest BCUT2D eigenvalue weighted by molar-refractivity contribution is 6.03. The number of allylic oxidation sites excluding steroid dienone is 1. The number of carbonyl (C=O) groups is 2. The Morgan fingerprint density at radius 1 is 1.06 bits per heavy atom. The van der Waals surface area contributed by atoms with Crippen LogP contribution in [0.4, 0.5) is 5.69 Å². The van der Waals surface area contributed by atoms with Gasteiger partial charge in [0.2, 0.25) is 5.91 Å². The van der Waals surface area contributed by atoms with Crippen molar-refractivity contribution < 1.29 is 19.1 Å². The van der Waals surface area contributed by atoms with Crippen molar-refractivity contribution in [1.29, 1.82) is 0 Å². The molecule has 1 aromatic heterocycles. The van der Waals surface area contributed by atoms with Gasteiger partial charge in [0, 0.05) is 29.5 Å². The minimum atomic E-state index is -1.21. The lowest BCUT2D eigenvalue weighted by molar-refractivity contribution is -0.131. The Kier molecular flexibility index (Phi) is 5.29. The highest BCUT2D eigenvalue weighted by Gasteiger charge is 2.24. The Morgan fingerprint density at radius 3 is 2.65 bits per heavy atom. The fourth-order valence-electron chi connectivity index (χ4n) is 3.74. The number of amides is 1. The molecule has 2 N–H and O–H groups in total. The second kappa shape index (κ2) is 8.07. The molecule has 6 heteroatoms. The van der Waals surface area contributed by atoms with Crippen molar-refractivity contribution in [2.75, 3.05) is 5.32 Å². The molecule has 6 nitrogen and oxygen atoms in total. The number of anilines is 1. The molecule has 31 heavy (non-hydrogen) atoms. The second-order valence-corrected chi connectivity index (χ2v) is 7.64. The summed E-state index contributed by atoms with van der Waals surface area (Å²) in [5, 5.41) is 11.7. The topological polar surface area (TPSA) is 96.6 Å². The number of benzene rings is 2. The summed E-state index contributed by atoms with van der Waals surface area (Å²) in [5.74, 6) is -1.20. The van der Waals surface area contributed by atoms with Gasteiger partial charge in [0.15, 0.2) is 5.43 Å². The molecule has 2 aromatic carbocycles. The lowest BCUT2D eigenvalue weighted by atomic mass is 10.0. The summed E-state index contributed by atoms with van der Waals surface area (Å²) in [4.78, 5) is 35.4. The second-order valence-electron chi connectivity index (χ2n) is 7.64. The van der Waals surface area contributed by atoms with Crippen LogP contribution in [0.3, 0.4) is 0 Å². The largest absolute Gasteiger partial charge is 0.478 e. The van der Waals surface area contributed by atoms with Crippen LogP contribution >= 0.6 is 0 Å². The fourth-order valence-corrected chi connectivity index (χ4v) is 3.74. The molecule has 0 aliphatic heterocycles. The Hall–Kier alpha value is -3.93. The molecule has 0 fully saturated rings. The number of carbonyl (C=O) groups excluding carboxylic acids is 1. The zero-order chi connectivity index (χ0) is 22.1. The number of aliphatic carboxylic acids is 1. The molecule has 0 radical (unpaired) electrons. The van der Waals surface area contributed by atoms with Crippen molar-refractivity contribution >= 4 is 40.2 Å². The quantitative estimate of drug-likeness (QED) is 0.613. The van der Waals surface area contributed by atoms with Gasteiger partial charge in [-0.25, -0.2) is 4.79 Å². The van der Waals surface area contributed by atoms with Gasteiger partial charge in [-0.3, -0.25) is 9.59 Å². The fraction of sp³-hybridized carbons (Fsp3) is 0.160. The summed E-state index contributed by atoms with van der Waals surface area (Å²) in [6, 6.07) is 11.0. The third kappa shape index (κ3) is 4.19. The van der Waals surface area contributed by atoms with Gasteiger partial charge in [0.1, 0.15) is 11.3 Å². The van der Waals surface area contributed by atoms with E-state index in [2.05, 4.69) is 29.6 Å². The van der Waals surface area contributed by atoms with Gasteiger partial charge < -0.3 is 14.8 Å². The number of fused-ring (bicyclic) bond motifs is 2. The summed E-state index contributed by atoms with van der Waals surface area (Å²) in [7, 11) is 0. The van der Waals surface area contributed by atoms with Crippen LogP contribution in [-0.4, -0.2) is 17.0 Å². The van der Waals surface area contributed by atoms with Crippen molar-refractivity contribution in [2.45, 2.75) is 26.7 Å². The SMILES string of the molecule is Cc1ccc(C)c(/C=C2\CCc3c2oc2cc(NC(=O)/C=C/C(=O)O)ccc2c3=O)c1. The predicted molar refractivity (Wildman–Crippen MR) is 120 cm³/mol. The van der Waals surface area contributed by atoms with Gasteiger partial charge in [0.05, 0.1) is 5.39 Å². The van der Waals surface area contributed by atoms with Gasteiger partial charge in [-0.05, 0) is 61.6 Å². The first-order valence-corrected chi connectivity index (χ1v) is 9.92. The van der Waals surface area contributed by atoms with E-state index in [1.54, 1.807) is 18.2 Å². The van der Waals surface area contributed by atoms with E-state index < -0.39 is 11.9 Å². The summed E-state index contributed by atoms with van der Waals surface area (Å²) < 4.78 is 6.13. The van der Waals surface area contributed by atoms with Gasteiger partial charge in [-0.1, -0.05) is 23.8 Å². The molecule has 0 saturated heterocycles. The molecule has 1 heterocycles. The minimum Gasteiger partial charge on any atom is -0.478 e. The van der Waals surface area contributed by atoms with E-state index >= 15 is 0 Å². The molecule has 0 saturated carbocycles. The van der Waals surface area contributed by atoms with E-state index in [0.717, 1.165) is 40.8 Å². The number of aryl methyl sites for hydroxylation is 2. The summed E-state index contributed by atoms with van der Waals surface area (Å²) >= 11 is 0. The summed E-state index contributed by atoms with van der Waals surface area (Å²) in [6.07, 6.45) is 5.11. The average molecular weight is 415 g/mol. The third-order valence-corrected chi connectivity index (χ3v) is 5.33. The van der Waals surface area contributed by atoms with Crippen LogP contribution in [-0.2, 0) is 16.0 Å². The molecular weight excluding hydrogens is 394 g/mol. The van der Waals surface area contributed by atoms with Crippen molar-refractivity contribution in [3.8, 4) is 0 Å². The van der Waals surface area contributed by atoms with E-state index in [9.17, 15) is 14.4 Å². The molecular formula is C25H21NO5. The summed E-state index contributed by atoms with van der Waals surface area (Å²) in [6.45, 7) is 4.09. The molecule has 3 aromatic rings. The van der Waals surface area contributed by atoms with Crippen LogP contribution in [0.2, 0.25) is 0 Å². The standard InChI is InChI=1S/C25H21NO5/c1-14-3-4-15(2)17(11-14)12-16-5-7-20-24(30)19-8-6-18(13-21(19)31-25(16)20)26-22(27)9-10-23(28)29/h3-4,6,8-13H,5,7H2,1-2H3,(H,26,27)(H,28,29)/b10-9+,16-12+. The molecule has 0 bridgehead atoms. The van der Waals surface area contributed by atoms with E-state index in [-0.39, 0.29) is 5.43 Å². The lowest BCUT2D eigenvalue weighted by Crippen LogP contribution is -2.11. The maximum atomic E-state index is 13.0. The van der Waals surface area contributed by atoms with Gasteiger partial charge in [0.25, 0.3) is 0 Å². The van der Waals surface area contributed by atoms with Crippen LogP contribution in [0.15, 0.2) is 57.8 Å². The van der Waals surface area contributed by atoms with Crippen molar-refractivity contribution in [2.24, 2.45) is 0 Å². The zero-order valence-corrected chi connectivity index (χ0v) is 17.2. The van der Waals surface area contributed by atoms with E-state index in [1.807, 2.05) is 13.8 Å². The molecule has 0 spiro atoms. The van der Waals surface area contributed by atoms with Crippen LogP contribution in [0.25, 0.3) is 22.6 Å². The highest BCUT2D eigenvalue weighted by atomic mass is 16.4. The first kappa shape index (κ1) is 20.3. The monoisotopic (exact) mass is 415 g/mol. The van der Waals surface area contributed by atoms with Crippen molar-refractivity contribution in [3.05, 3.63) is 86.8 Å². The van der Waals surface area contributed by atoms with Crippen LogP contribution in [0.1, 0.15) is 34.4 Å². The van der Waals surface area contributed by atoms with E-state index in [0.29, 0.717) is 34.4 Å². The first-order valence-electron chi connectivity index (χ1n) is 9.92. The molecule has 0 atom stereocenters. The van der Waals surface area contributed by atoms with E-state index in [4.69, 9.17) is 9.52 Å². The number of carboxylic acid groups (broad SMARTS) is 1. The molecule has 0 unspecified atom stereocenters. The highest BCUT2D eigenvalue weighted by Crippen LogP contribution is 2.35. The molecule has 1 aliphatic rings. The lowest BCUT2D eigenvalue weighted by Gasteiger charge is -2.08. The molecule has 1 amide bonds. The van der Waals surface area contributed by atoms with Gasteiger partial charge in [-0.15, -0.1) is 0 Å². The maximum Gasteiger partial charge on any atom is 0.328 e. The number of hydrogen-bond acceptors (Lipinski definition) is 4. The van der Waals surface area contributed by atoms with Crippen LogP contribution in [0, 0.1) is 13.8 Å². The van der Waals surface area contributed by atoms with Crippen molar-refractivity contribution in [3.63, 3.8) is 0 Å². The van der Waals surface area contributed by atoms with Crippen LogP contribution < -0.4 is 10.7 Å². The van der Waals surface area contributed by atoms with Crippen molar-refractivity contribution in [1.82, 2.24) is 0 Å². The Balaban J connectivity index is 1.74. The third-order valence-electron chi connectivity index (χ3n) is 5.33. The number of rotatable bonds is 4. The number of hydrogen-bond donors (Lipinski definition) is 2. The molecule has 156 valence electrons. The minimum absolute atomic E-state index is 0.0655. The smallest absolute Gasteiger partial charge is 0.328 e. The normalized spacial score (nSPS) is 14.3. The Bertz CT molecular complexity index is 1340. The van der Waals surface area contributed by atoms with E-state index in [1.165, 1.54) is 0 Å². The van der Waals surface area contributed by atoms with Gasteiger partial charge in [-0.2, -0.15) is 0 Å². The maximum absolute atomic E-state index is 13.0. The molecule has 4 rings (SSSR count).